The summed E-state index contributed by atoms with van der Waals surface area (Å²) in [6, 6.07) is 11.5. The van der Waals surface area contributed by atoms with E-state index < -0.39 is 9.84 Å². The SMILES string of the molecule is CS(=O)(=O)c1ccc(-c2ccc(N=C(N)N=C(N)N)cc2Cl)cc1. The normalized spacial score (nSPS) is 12.0. The lowest BCUT2D eigenvalue weighted by molar-refractivity contribution is 0.602. The number of benzene rings is 2. The van der Waals surface area contributed by atoms with Crippen LogP contribution in [0.5, 0.6) is 0 Å². The first kappa shape index (κ1) is 17.8. The Labute approximate surface area is 144 Å². The van der Waals surface area contributed by atoms with Gasteiger partial charge < -0.3 is 17.2 Å². The molecule has 0 amide bonds. The second-order valence-electron chi connectivity index (χ2n) is 4.97. The summed E-state index contributed by atoms with van der Waals surface area (Å²) in [6.45, 7) is 0. The van der Waals surface area contributed by atoms with E-state index in [1.807, 2.05) is 0 Å². The van der Waals surface area contributed by atoms with Crippen molar-refractivity contribution in [3.8, 4) is 11.1 Å². The van der Waals surface area contributed by atoms with E-state index >= 15 is 0 Å². The standard InChI is InChI=1S/C15H16ClN5O2S/c1-24(22,23)11-5-2-9(3-6-11)12-7-4-10(8-13(12)16)20-15(19)21-14(17)18/h2-8H,1H3,(H6,17,18,19,20,21). The van der Waals surface area contributed by atoms with E-state index in [0.29, 0.717) is 10.7 Å². The monoisotopic (exact) mass is 365 g/mol. The predicted octanol–water partition coefficient (Wildman–Crippen LogP) is 1.63. The van der Waals surface area contributed by atoms with Crippen LogP contribution in [0.4, 0.5) is 5.69 Å². The molecule has 0 spiro atoms. The lowest BCUT2D eigenvalue weighted by Gasteiger charge is -2.07. The van der Waals surface area contributed by atoms with Crippen LogP contribution >= 0.6 is 11.6 Å². The Kier molecular flexibility index (Phi) is 5.10. The minimum absolute atomic E-state index is 0.0867. The summed E-state index contributed by atoms with van der Waals surface area (Å²) in [5, 5.41) is 0.431. The number of aliphatic imine (C=N–C) groups is 2. The Balaban J connectivity index is 2.35. The highest BCUT2D eigenvalue weighted by Gasteiger charge is 2.09. The Hall–Kier alpha value is -2.58. The third-order valence-corrected chi connectivity index (χ3v) is 4.47. The van der Waals surface area contributed by atoms with Crippen molar-refractivity contribution in [2.75, 3.05) is 6.26 Å². The predicted molar refractivity (Wildman–Crippen MR) is 97.1 cm³/mol. The van der Waals surface area contributed by atoms with Gasteiger partial charge in [0.05, 0.1) is 15.6 Å². The van der Waals surface area contributed by atoms with E-state index in [0.717, 1.165) is 17.4 Å². The quantitative estimate of drug-likeness (QED) is 0.560. The van der Waals surface area contributed by atoms with Gasteiger partial charge >= 0.3 is 0 Å². The molecule has 24 heavy (non-hydrogen) atoms. The number of hydrogen-bond acceptors (Lipinski definition) is 3. The summed E-state index contributed by atoms with van der Waals surface area (Å²) in [5.74, 6) is -0.277. The average Bonchev–Trinajstić information content (AvgIpc) is 2.45. The van der Waals surface area contributed by atoms with E-state index in [1.54, 1.807) is 30.3 Å². The van der Waals surface area contributed by atoms with Gasteiger partial charge in [0.15, 0.2) is 15.8 Å². The molecule has 2 aromatic rings. The lowest BCUT2D eigenvalue weighted by Crippen LogP contribution is -2.26. The summed E-state index contributed by atoms with van der Waals surface area (Å²) in [5.41, 5.74) is 18.0. The van der Waals surface area contributed by atoms with E-state index in [9.17, 15) is 8.42 Å². The van der Waals surface area contributed by atoms with Gasteiger partial charge in [-0.25, -0.2) is 13.4 Å². The molecular weight excluding hydrogens is 350 g/mol. The van der Waals surface area contributed by atoms with E-state index in [-0.39, 0.29) is 16.8 Å². The van der Waals surface area contributed by atoms with Crippen molar-refractivity contribution in [1.82, 2.24) is 0 Å². The third kappa shape index (κ3) is 4.46. The maximum Gasteiger partial charge on any atom is 0.223 e. The highest BCUT2D eigenvalue weighted by atomic mass is 35.5. The summed E-state index contributed by atoms with van der Waals surface area (Å²) in [7, 11) is -3.24. The number of hydrogen-bond donors (Lipinski definition) is 3. The zero-order valence-electron chi connectivity index (χ0n) is 12.8. The largest absolute Gasteiger partial charge is 0.370 e. The van der Waals surface area contributed by atoms with Gasteiger partial charge in [-0.2, -0.15) is 4.99 Å². The van der Waals surface area contributed by atoms with Gasteiger partial charge in [-0.3, -0.25) is 0 Å². The maximum atomic E-state index is 11.5. The molecule has 0 atom stereocenters. The third-order valence-electron chi connectivity index (χ3n) is 3.03. The molecule has 6 N–H and O–H groups in total. The maximum absolute atomic E-state index is 11.5. The Morgan fingerprint density at radius 1 is 1.04 bits per heavy atom. The molecule has 0 heterocycles. The van der Waals surface area contributed by atoms with Crippen molar-refractivity contribution >= 4 is 39.0 Å². The van der Waals surface area contributed by atoms with Crippen LogP contribution < -0.4 is 17.2 Å². The van der Waals surface area contributed by atoms with Gasteiger partial charge in [-0.05, 0) is 29.8 Å². The lowest BCUT2D eigenvalue weighted by atomic mass is 10.1. The Morgan fingerprint density at radius 2 is 1.67 bits per heavy atom. The van der Waals surface area contributed by atoms with Crippen molar-refractivity contribution in [2.24, 2.45) is 27.2 Å². The second-order valence-corrected chi connectivity index (χ2v) is 7.39. The zero-order valence-corrected chi connectivity index (χ0v) is 14.3. The Morgan fingerprint density at radius 3 is 2.17 bits per heavy atom. The van der Waals surface area contributed by atoms with E-state index in [1.165, 1.54) is 12.1 Å². The number of guanidine groups is 2. The molecule has 9 heteroatoms. The van der Waals surface area contributed by atoms with Crippen LogP contribution in [0.25, 0.3) is 11.1 Å². The molecule has 0 radical (unpaired) electrons. The van der Waals surface area contributed by atoms with Crippen molar-refractivity contribution in [2.45, 2.75) is 4.90 Å². The minimum atomic E-state index is -3.24. The summed E-state index contributed by atoms with van der Waals surface area (Å²) in [6.07, 6.45) is 1.16. The van der Waals surface area contributed by atoms with Gasteiger partial charge in [0.2, 0.25) is 5.96 Å². The first-order chi connectivity index (χ1) is 11.2. The molecule has 126 valence electrons. The molecule has 2 rings (SSSR count). The molecule has 0 unspecified atom stereocenters. The van der Waals surface area contributed by atoms with Gasteiger partial charge in [0.1, 0.15) is 0 Å². The topological polar surface area (TPSA) is 137 Å². The van der Waals surface area contributed by atoms with Crippen LogP contribution in [-0.2, 0) is 9.84 Å². The zero-order chi connectivity index (χ0) is 17.9. The highest BCUT2D eigenvalue weighted by molar-refractivity contribution is 7.90. The molecule has 0 saturated heterocycles. The van der Waals surface area contributed by atoms with Crippen LogP contribution in [-0.4, -0.2) is 26.6 Å². The van der Waals surface area contributed by atoms with Gasteiger partial charge in [-0.1, -0.05) is 29.8 Å². The molecule has 0 saturated carbocycles. The van der Waals surface area contributed by atoms with Crippen molar-refractivity contribution in [3.05, 3.63) is 47.5 Å². The molecule has 0 aliphatic rings. The number of nitrogens with zero attached hydrogens (tertiary/aromatic N) is 2. The first-order valence-corrected chi connectivity index (χ1v) is 8.97. The fraction of sp³-hybridized carbons (Fsp3) is 0.0667. The number of sulfone groups is 1. The van der Waals surface area contributed by atoms with Crippen LogP contribution in [0.2, 0.25) is 5.02 Å². The molecule has 0 aliphatic carbocycles. The van der Waals surface area contributed by atoms with E-state index in [4.69, 9.17) is 28.8 Å². The summed E-state index contributed by atoms with van der Waals surface area (Å²) >= 11 is 6.27. The molecule has 0 aromatic heterocycles. The van der Waals surface area contributed by atoms with Crippen molar-refractivity contribution in [1.29, 1.82) is 0 Å². The summed E-state index contributed by atoms with van der Waals surface area (Å²) in [4.78, 5) is 7.88. The Bertz CT molecular complexity index is 917. The van der Waals surface area contributed by atoms with E-state index in [2.05, 4.69) is 9.98 Å². The first-order valence-electron chi connectivity index (χ1n) is 6.70. The molecule has 7 nitrogen and oxygen atoms in total. The van der Waals surface area contributed by atoms with Gasteiger partial charge in [0, 0.05) is 11.8 Å². The molecule has 0 fully saturated rings. The minimum Gasteiger partial charge on any atom is -0.370 e. The van der Waals surface area contributed by atoms with Crippen molar-refractivity contribution in [3.63, 3.8) is 0 Å². The summed E-state index contributed by atoms with van der Waals surface area (Å²) < 4.78 is 23.0. The number of halogens is 1. The van der Waals surface area contributed by atoms with Crippen LogP contribution in [0, 0.1) is 0 Å². The van der Waals surface area contributed by atoms with Crippen LogP contribution in [0.3, 0.4) is 0 Å². The van der Waals surface area contributed by atoms with Gasteiger partial charge in [-0.15, -0.1) is 0 Å². The van der Waals surface area contributed by atoms with Gasteiger partial charge in [0.25, 0.3) is 0 Å². The molecule has 0 aliphatic heterocycles. The van der Waals surface area contributed by atoms with Crippen molar-refractivity contribution < 1.29 is 8.42 Å². The molecule has 0 bridgehead atoms. The van der Waals surface area contributed by atoms with Crippen LogP contribution in [0.1, 0.15) is 0 Å². The second kappa shape index (κ2) is 6.90. The fourth-order valence-corrected chi connectivity index (χ4v) is 2.89. The van der Waals surface area contributed by atoms with Crippen LogP contribution in [0.15, 0.2) is 57.3 Å². The molecular formula is C15H16ClN5O2S. The average molecular weight is 366 g/mol. The molecule has 2 aromatic carbocycles. The fourth-order valence-electron chi connectivity index (χ4n) is 1.98. The number of rotatable bonds is 3. The smallest absolute Gasteiger partial charge is 0.223 e. The highest BCUT2D eigenvalue weighted by Crippen LogP contribution is 2.31. The number of nitrogens with two attached hydrogens (primary N) is 3.